The first-order valence-electron chi connectivity index (χ1n) is 6.79. The Morgan fingerprint density at radius 2 is 2.10 bits per heavy atom. The first kappa shape index (κ1) is 15.7. The highest BCUT2D eigenvalue weighted by Gasteiger charge is 2.14. The standard InChI is InChI=1S/C16H18BrN3O/c1-11-9-13(10-19-15(11)17)20-16(21)14(18)8-7-12-5-3-2-4-6-12/h2-6,9-10,14H,7-8,18H2,1H3,(H,20,21)/t14-/m0/s1. The van der Waals surface area contributed by atoms with E-state index in [2.05, 4.69) is 26.2 Å². The molecule has 21 heavy (non-hydrogen) atoms. The smallest absolute Gasteiger partial charge is 0.241 e. The number of carbonyl (C=O) groups is 1. The molecule has 1 heterocycles. The summed E-state index contributed by atoms with van der Waals surface area (Å²) in [5.74, 6) is -0.186. The molecule has 2 aromatic rings. The molecule has 0 aliphatic carbocycles. The lowest BCUT2D eigenvalue weighted by Gasteiger charge is -2.12. The molecule has 2 rings (SSSR count). The van der Waals surface area contributed by atoms with Crippen LogP contribution in [-0.4, -0.2) is 16.9 Å². The summed E-state index contributed by atoms with van der Waals surface area (Å²) in [7, 11) is 0. The van der Waals surface area contributed by atoms with Crippen molar-refractivity contribution in [3.63, 3.8) is 0 Å². The zero-order valence-corrected chi connectivity index (χ0v) is 13.4. The predicted octanol–water partition coefficient (Wildman–Crippen LogP) is 3.05. The lowest BCUT2D eigenvalue weighted by Crippen LogP contribution is -2.36. The van der Waals surface area contributed by atoms with Crippen LogP contribution in [0.3, 0.4) is 0 Å². The Labute approximate surface area is 132 Å². The number of hydrogen-bond acceptors (Lipinski definition) is 3. The van der Waals surface area contributed by atoms with Crippen LogP contribution in [0.25, 0.3) is 0 Å². The molecule has 0 fully saturated rings. The molecule has 0 bridgehead atoms. The van der Waals surface area contributed by atoms with Gasteiger partial charge in [0.1, 0.15) is 4.60 Å². The van der Waals surface area contributed by atoms with E-state index in [4.69, 9.17) is 5.73 Å². The Balaban J connectivity index is 1.89. The van der Waals surface area contributed by atoms with Crippen molar-refractivity contribution in [1.82, 2.24) is 4.98 Å². The number of nitrogens with zero attached hydrogens (tertiary/aromatic N) is 1. The van der Waals surface area contributed by atoms with Crippen LogP contribution in [-0.2, 0) is 11.2 Å². The second-order valence-corrected chi connectivity index (χ2v) is 5.70. The lowest BCUT2D eigenvalue weighted by molar-refractivity contribution is -0.117. The first-order chi connectivity index (χ1) is 10.1. The Morgan fingerprint density at radius 1 is 1.38 bits per heavy atom. The summed E-state index contributed by atoms with van der Waals surface area (Å²) >= 11 is 3.33. The van der Waals surface area contributed by atoms with Crippen molar-refractivity contribution in [3.05, 3.63) is 58.3 Å². The largest absolute Gasteiger partial charge is 0.323 e. The second kappa shape index (κ2) is 7.33. The molecular weight excluding hydrogens is 330 g/mol. The highest BCUT2D eigenvalue weighted by molar-refractivity contribution is 9.10. The van der Waals surface area contributed by atoms with Gasteiger partial charge >= 0.3 is 0 Å². The summed E-state index contributed by atoms with van der Waals surface area (Å²) in [6, 6.07) is 11.3. The zero-order chi connectivity index (χ0) is 15.2. The summed E-state index contributed by atoms with van der Waals surface area (Å²) in [6.07, 6.45) is 3.00. The van der Waals surface area contributed by atoms with Gasteiger partial charge in [0.2, 0.25) is 5.91 Å². The molecule has 110 valence electrons. The number of rotatable bonds is 5. The average Bonchev–Trinajstić information content (AvgIpc) is 2.49. The van der Waals surface area contributed by atoms with E-state index in [1.54, 1.807) is 6.20 Å². The Kier molecular flexibility index (Phi) is 5.47. The maximum atomic E-state index is 12.1. The van der Waals surface area contributed by atoms with Crippen LogP contribution in [0.15, 0.2) is 47.2 Å². The summed E-state index contributed by atoms with van der Waals surface area (Å²) < 4.78 is 0.772. The third kappa shape index (κ3) is 4.65. The zero-order valence-electron chi connectivity index (χ0n) is 11.8. The van der Waals surface area contributed by atoms with Gasteiger partial charge in [0, 0.05) is 0 Å². The molecule has 4 nitrogen and oxygen atoms in total. The molecule has 1 aromatic heterocycles. The molecule has 1 aromatic carbocycles. The van der Waals surface area contributed by atoms with Gasteiger partial charge in [-0.25, -0.2) is 4.98 Å². The van der Waals surface area contributed by atoms with E-state index in [0.717, 1.165) is 16.6 Å². The average molecular weight is 348 g/mol. The molecule has 0 saturated carbocycles. The van der Waals surface area contributed by atoms with Gasteiger partial charge in [-0.3, -0.25) is 4.79 Å². The number of carbonyl (C=O) groups excluding carboxylic acids is 1. The third-order valence-electron chi connectivity index (χ3n) is 3.21. The van der Waals surface area contributed by atoms with E-state index in [-0.39, 0.29) is 5.91 Å². The van der Waals surface area contributed by atoms with Crippen LogP contribution in [0, 0.1) is 6.92 Å². The molecule has 3 N–H and O–H groups in total. The normalized spacial score (nSPS) is 12.0. The van der Waals surface area contributed by atoms with Crippen LogP contribution >= 0.6 is 15.9 Å². The van der Waals surface area contributed by atoms with Crippen molar-refractivity contribution in [2.45, 2.75) is 25.8 Å². The van der Waals surface area contributed by atoms with Gasteiger partial charge in [0.25, 0.3) is 0 Å². The molecule has 0 unspecified atom stereocenters. The fourth-order valence-electron chi connectivity index (χ4n) is 1.96. The maximum Gasteiger partial charge on any atom is 0.241 e. The van der Waals surface area contributed by atoms with E-state index in [1.165, 1.54) is 5.56 Å². The summed E-state index contributed by atoms with van der Waals surface area (Å²) in [4.78, 5) is 16.2. The molecule has 0 spiro atoms. The van der Waals surface area contributed by atoms with Crippen molar-refractivity contribution in [2.24, 2.45) is 5.73 Å². The van der Waals surface area contributed by atoms with Gasteiger partial charge in [-0.05, 0) is 52.9 Å². The fourth-order valence-corrected chi connectivity index (χ4v) is 2.18. The minimum Gasteiger partial charge on any atom is -0.323 e. The molecule has 0 aliphatic rings. The SMILES string of the molecule is Cc1cc(NC(=O)[C@@H](N)CCc2ccccc2)cnc1Br. The molecule has 1 amide bonds. The van der Waals surface area contributed by atoms with Crippen molar-refractivity contribution in [2.75, 3.05) is 5.32 Å². The summed E-state index contributed by atoms with van der Waals surface area (Å²) in [6.45, 7) is 1.92. The van der Waals surface area contributed by atoms with E-state index >= 15 is 0 Å². The van der Waals surface area contributed by atoms with Gasteiger partial charge in [0.15, 0.2) is 0 Å². The van der Waals surface area contributed by atoms with Gasteiger partial charge in [-0.1, -0.05) is 30.3 Å². The minimum atomic E-state index is -0.533. The van der Waals surface area contributed by atoms with Crippen molar-refractivity contribution in [3.8, 4) is 0 Å². The lowest BCUT2D eigenvalue weighted by atomic mass is 10.1. The van der Waals surface area contributed by atoms with Crippen LogP contribution in [0.1, 0.15) is 17.5 Å². The first-order valence-corrected chi connectivity index (χ1v) is 7.58. The number of aryl methyl sites for hydroxylation is 2. The van der Waals surface area contributed by atoms with Gasteiger partial charge < -0.3 is 11.1 Å². The Morgan fingerprint density at radius 3 is 2.76 bits per heavy atom. The van der Waals surface area contributed by atoms with Crippen molar-refractivity contribution >= 4 is 27.5 Å². The number of amides is 1. The molecule has 0 aliphatic heterocycles. The number of anilines is 1. The fraction of sp³-hybridized carbons (Fsp3) is 0.250. The van der Waals surface area contributed by atoms with Gasteiger partial charge in [-0.15, -0.1) is 0 Å². The van der Waals surface area contributed by atoms with Crippen molar-refractivity contribution in [1.29, 1.82) is 0 Å². The van der Waals surface area contributed by atoms with Gasteiger partial charge in [-0.2, -0.15) is 0 Å². The van der Waals surface area contributed by atoms with E-state index in [1.807, 2.05) is 43.3 Å². The highest BCUT2D eigenvalue weighted by atomic mass is 79.9. The number of aromatic nitrogens is 1. The third-order valence-corrected chi connectivity index (χ3v) is 4.04. The number of benzene rings is 1. The van der Waals surface area contributed by atoms with Crippen LogP contribution in [0.4, 0.5) is 5.69 Å². The van der Waals surface area contributed by atoms with Crippen LogP contribution < -0.4 is 11.1 Å². The minimum absolute atomic E-state index is 0.186. The van der Waals surface area contributed by atoms with E-state index in [9.17, 15) is 4.79 Å². The quantitative estimate of drug-likeness (QED) is 0.816. The number of halogens is 1. The Bertz CT molecular complexity index is 616. The molecular formula is C16H18BrN3O. The number of nitrogens with two attached hydrogens (primary N) is 1. The summed E-state index contributed by atoms with van der Waals surface area (Å²) in [5.41, 5.74) is 8.75. The predicted molar refractivity (Wildman–Crippen MR) is 88.0 cm³/mol. The van der Waals surface area contributed by atoms with Crippen molar-refractivity contribution < 1.29 is 4.79 Å². The van der Waals surface area contributed by atoms with Crippen LogP contribution in [0.2, 0.25) is 0 Å². The molecule has 0 saturated heterocycles. The number of hydrogen-bond donors (Lipinski definition) is 2. The number of nitrogens with one attached hydrogen (secondary N) is 1. The number of pyridine rings is 1. The second-order valence-electron chi connectivity index (χ2n) is 4.95. The molecule has 1 atom stereocenters. The molecule has 5 heteroatoms. The molecule has 0 radical (unpaired) electrons. The van der Waals surface area contributed by atoms with Crippen LogP contribution in [0.5, 0.6) is 0 Å². The monoisotopic (exact) mass is 347 g/mol. The summed E-state index contributed by atoms with van der Waals surface area (Å²) in [5, 5.41) is 2.80. The topological polar surface area (TPSA) is 68.0 Å². The van der Waals surface area contributed by atoms with E-state index < -0.39 is 6.04 Å². The Hall–Kier alpha value is -1.72. The van der Waals surface area contributed by atoms with Gasteiger partial charge in [0.05, 0.1) is 17.9 Å². The van der Waals surface area contributed by atoms with E-state index in [0.29, 0.717) is 12.1 Å². The maximum absolute atomic E-state index is 12.1. The highest BCUT2D eigenvalue weighted by Crippen LogP contribution is 2.17.